The van der Waals surface area contributed by atoms with E-state index in [1.807, 2.05) is 24.3 Å². The highest BCUT2D eigenvalue weighted by atomic mass is 35.5. The highest BCUT2D eigenvalue weighted by Crippen LogP contribution is 2.15. The Hall–Kier alpha value is -1.85. The molecule has 0 aliphatic rings. The SMILES string of the molecule is C=C(Cl)N=C(/C(Cl)=C\N)n1nnc2ccccc21. The van der Waals surface area contributed by atoms with Crippen LogP contribution in [0.3, 0.4) is 0 Å². The number of aliphatic imine (C=N–C) groups is 1. The van der Waals surface area contributed by atoms with E-state index >= 15 is 0 Å². The number of rotatable bonds is 2. The summed E-state index contributed by atoms with van der Waals surface area (Å²) in [4.78, 5) is 4.01. The van der Waals surface area contributed by atoms with Gasteiger partial charge in [0.15, 0.2) is 5.84 Å². The van der Waals surface area contributed by atoms with Crippen LogP contribution in [0.2, 0.25) is 0 Å². The summed E-state index contributed by atoms with van der Waals surface area (Å²) < 4.78 is 1.45. The third kappa shape index (κ3) is 2.37. The molecular formula is C11H9Cl2N5. The van der Waals surface area contributed by atoms with Crippen LogP contribution in [0.5, 0.6) is 0 Å². The molecule has 2 rings (SSSR count). The molecule has 0 saturated heterocycles. The highest BCUT2D eigenvalue weighted by Gasteiger charge is 2.13. The number of halogens is 2. The van der Waals surface area contributed by atoms with Gasteiger partial charge in [0, 0.05) is 6.20 Å². The third-order valence-electron chi connectivity index (χ3n) is 2.14. The lowest BCUT2D eigenvalue weighted by Crippen LogP contribution is -2.15. The Balaban J connectivity index is 2.66. The van der Waals surface area contributed by atoms with Crippen LogP contribution in [-0.4, -0.2) is 20.8 Å². The van der Waals surface area contributed by atoms with Gasteiger partial charge in [-0.15, -0.1) is 5.10 Å². The molecule has 1 aromatic carbocycles. The molecule has 2 aromatic rings. The van der Waals surface area contributed by atoms with E-state index in [1.165, 1.54) is 10.9 Å². The monoisotopic (exact) mass is 281 g/mol. The van der Waals surface area contributed by atoms with Crippen molar-refractivity contribution in [1.29, 1.82) is 0 Å². The minimum Gasteiger partial charge on any atom is -0.403 e. The van der Waals surface area contributed by atoms with Gasteiger partial charge in [-0.2, -0.15) is 4.68 Å². The van der Waals surface area contributed by atoms with Gasteiger partial charge in [-0.05, 0) is 12.1 Å². The van der Waals surface area contributed by atoms with Gasteiger partial charge in [-0.1, -0.05) is 47.1 Å². The maximum atomic E-state index is 5.98. The summed E-state index contributed by atoms with van der Waals surface area (Å²) in [5.74, 6) is 0.271. The van der Waals surface area contributed by atoms with Crippen LogP contribution >= 0.6 is 23.2 Å². The smallest absolute Gasteiger partial charge is 0.177 e. The molecule has 0 unspecified atom stereocenters. The molecule has 0 fully saturated rings. The molecule has 18 heavy (non-hydrogen) atoms. The van der Waals surface area contributed by atoms with E-state index in [2.05, 4.69) is 21.9 Å². The normalized spacial score (nSPS) is 13.0. The Bertz CT molecular complexity index is 656. The summed E-state index contributed by atoms with van der Waals surface area (Å²) in [6.45, 7) is 3.49. The fraction of sp³-hybridized carbons (Fsp3) is 0. The summed E-state index contributed by atoms with van der Waals surface area (Å²) in [7, 11) is 0. The molecule has 0 atom stereocenters. The zero-order valence-corrected chi connectivity index (χ0v) is 10.7. The molecule has 0 saturated carbocycles. The number of para-hydroxylation sites is 1. The number of hydrogen-bond acceptors (Lipinski definition) is 4. The number of nitrogens with two attached hydrogens (primary N) is 1. The van der Waals surface area contributed by atoms with Crippen LogP contribution in [0, 0.1) is 0 Å². The second-order valence-electron chi connectivity index (χ2n) is 3.32. The molecule has 2 N–H and O–H groups in total. The van der Waals surface area contributed by atoms with Crippen LogP contribution in [0.1, 0.15) is 0 Å². The van der Waals surface area contributed by atoms with E-state index in [9.17, 15) is 0 Å². The molecule has 0 bridgehead atoms. The zero-order chi connectivity index (χ0) is 13.1. The molecule has 92 valence electrons. The predicted octanol–water partition coefficient (Wildman–Crippen LogP) is 2.43. The first-order valence-electron chi connectivity index (χ1n) is 4.95. The van der Waals surface area contributed by atoms with Gasteiger partial charge in [0.1, 0.15) is 15.7 Å². The number of fused-ring (bicyclic) bond motifs is 1. The lowest BCUT2D eigenvalue weighted by atomic mass is 10.3. The average molecular weight is 282 g/mol. The van der Waals surface area contributed by atoms with Crippen molar-refractivity contribution >= 4 is 40.1 Å². The molecule has 7 heteroatoms. The molecule has 1 heterocycles. The van der Waals surface area contributed by atoms with Gasteiger partial charge in [0.05, 0.1) is 5.52 Å². The van der Waals surface area contributed by atoms with Gasteiger partial charge in [-0.25, -0.2) is 4.99 Å². The first-order chi connectivity index (χ1) is 8.63. The molecule has 0 radical (unpaired) electrons. The van der Waals surface area contributed by atoms with Gasteiger partial charge in [0.2, 0.25) is 0 Å². The zero-order valence-electron chi connectivity index (χ0n) is 9.22. The molecule has 0 amide bonds. The van der Waals surface area contributed by atoms with Crippen molar-refractivity contribution in [2.45, 2.75) is 0 Å². The second kappa shape index (κ2) is 5.20. The maximum absolute atomic E-state index is 5.98. The number of nitrogens with zero attached hydrogens (tertiary/aromatic N) is 4. The second-order valence-corrected chi connectivity index (χ2v) is 4.16. The van der Waals surface area contributed by atoms with Gasteiger partial charge in [-0.3, -0.25) is 0 Å². The van der Waals surface area contributed by atoms with Crippen molar-refractivity contribution in [2.75, 3.05) is 0 Å². The Morgan fingerprint density at radius 3 is 2.78 bits per heavy atom. The Morgan fingerprint density at radius 1 is 1.39 bits per heavy atom. The number of benzene rings is 1. The van der Waals surface area contributed by atoms with Crippen molar-refractivity contribution in [3.05, 3.63) is 47.2 Å². The minimum absolute atomic E-state index is 0.0737. The molecule has 5 nitrogen and oxygen atoms in total. The summed E-state index contributed by atoms with van der Waals surface area (Å²) in [6.07, 6.45) is 1.21. The average Bonchev–Trinajstić information content (AvgIpc) is 2.78. The van der Waals surface area contributed by atoms with E-state index in [4.69, 9.17) is 28.9 Å². The van der Waals surface area contributed by atoms with E-state index in [0.29, 0.717) is 5.52 Å². The van der Waals surface area contributed by atoms with E-state index in [0.717, 1.165) is 5.52 Å². The minimum atomic E-state index is 0.0737. The van der Waals surface area contributed by atoms with E-state index in [-0.39, 0.29) is 16.0 Å². The Kier molecular flexibility index (Phi) is 3.64. The number of hydrogen-bond donors (Lipinski definition) is 1. The fourth-order valence-electron chi connectivity index (χ4n) is 1.42. The Morgan fingerprint density at radius 2 is 2.11 bits per heavy atom. The van der Waals surface area contributed by atoms with Crippen LogP contribution < -0.4 is 5.73 Å². The van der Waals surface area contributed by atoms with Crippen molar-refractivity contribution in [1.82, 2.24) is 15.0 Å². The topological polar surface area (TPSA) is 69.1 Å². The maximum Gasteiger partial charge on any atom is 0.177 e. The van der Waals surface area contributed by atoms with Crippen LogP contribution in [0.15, 0.2) is 52.2 Å². The lowest BCUT2D eigenvalue weighted by Gasteiger charge is -2.04. The van der Waals surface area contributed by atoms with Crippen LogP contribution in [0.4, 0.5) is 0 Å². The summed E-state index contributed by atoms with van der Waals surface area (Å²) in [5, 5.41) is 8.24. The van der Waals surface area contributed by atoms with Crippen molar-refractivity contribution in [3.8, 4) is 0 Å². The Labute approximate surface area is 113 Å². The summed E-state index contributed by atoms with van der Waals surface area (Å²) in [5.41, 5.74) is 6.85. The van der Waals surface area contributed by atoms with E-state index < -0.39 is 0 Å². The van der Waals surface area contributed by atoms with Crippen molar-refractivity contribution in [2.24, 2.45) is 10.7 Å². The summed E-state index contributed by atoms with van der Waals surface area (Å²) in [6, 6.07) is 7.38. The predicted molar refractivity (Wildman–Crippen MR) is 73.5 cm³/mol. The first kappa shape index (κ1) is 12.6. The fourth-order valence-corrected chi connectivity index (χ4v) is 1.62. The highest BCUT2D eigenvalue weighted by molar-refractivity contribution is 6.44. The standard InChI is InChI=1S/C11H9Cl2N5/c1-7(12)15-11(8(13)6-14)18-10-5-3-2-4-9(10)16-17-18/h2-6H,1,14H2/b8-6+,15-11?. The van der Waals surface area contributed by atoms with Gasteiger partial charge >= 0.3 is 0 Å². The van der Waals surface area contributed by atoms with Gasteiger partial charge in [0.25, 0.3) is 0 Å². The molecule has 0 aliphatic carbocycles. The van der Waals surface area contributed by atoms with E-state index in [1.54, 1.807) is 0 Å². The number of allylic oxidation sites excluding steroid dienone is 1. The van der Waals surface area contributed by atoms with Crippen molar-refractivity contribution < 1.29 is 0 Å². The van der Waals surface area contributed by atoms with Crippen LogP contribution in [0.25, 0.3) is 11.0 Å². The summed E-state index contributed by atoms with van der Waals surface area (Å²) >= 11 is 11.7. The first-order valence-corrected chi connectivity index (χ1v) is 5.70. The molecular weight excluding hydrogens is 273 g/mol. The van der Waals surface area contributed by atoms with Crippen molar-refractivity contribution in [3.63, 3.8) is 0 Å². The quantitative estimate of drug-likeness (QED) is 0.522. The third-order valence-corrected chi connectivity index (χ3v) is 2.52. The molecule has 0 aliphatic heterocycles. The number of aromatic nitrogens is 3. The molecule has 0 spiro atoms. The molecule has 1 aromatic heterocycles. The lowest BCUT2D eigenvalue weighted by molar-refractivity contribution is 0.862. The van der Waals surface area contributed by atoms with Gasteiger partial charge < -0.3 is 5.73 Å². The largest absolute Gasteiger partial charge is 0.403 e. The van der Waals surface area contributed by atoms with Crippen LogP contribution in [-0.2, 0) is 0 Å².